The summed E-state index contributed by atoms with van der Waals surface area (Å²) in [5, 5.41) is 17.8. The fraction of sp³-hybridized carbons (Fsp3) is 0.375. The van der Waals surface area contributed by atoms with Crippen LogP contribution in [0.2, 0.25) is 5.02 Å². The monoisotopic (exact) mass is 443 g/mol. The van der Waals surface area contributed by atoms with Gasteiger partial charge < -0.3 is 10.4 Å². The average Bonchev–Trinajstić information content (AvgIpc) is 2.66. The van der Waals surface area contributed by atoms with E-state index in [0.717, 1.165) is 16.7 Å². The molecule has 2 aromatic rings. The number of phenols is 1. The smallest absolute Gasteiger partial charge is 0.259 e. The lowest BCUT2D eigenvalue weighted by Crippen LogP contribution is -2.34. The van der Waals surface area contributed by atoms with Crippen molar-refractivity contribution in [3.05, 3.63) is 63.7 Å². The van der Waals surface area contributed by atoms with Crippen molar-refractivity contribution in [2.45, 2.75) is 52.4 Å². The van der Waals surface area contributed by atoms with Gasteiger partial charge in [-0.25, -0.2) is 5.43 Å². The fourth-order valence-electron chi connectivity index (χ4n) is 2.96. The second-order valence-electron chi connectivity index (χ2n) is 9.45. The lowest BCUT2D eigenvalue weighted by Gasteiger charge is -2.27. The van der Waals surface area contributed by atoms with Gasteiger partial charge in [-0.05, 0) is 52.8 Å². The molecule has 0 spiro atoms. The predicted octanol–water partition coefficient (Wildman–Crippen LogP) is 4.52. The number of phenolic OH excluding ortho intramolecular Hbond substituents is 1. The second kappa shape index (κ2) is 9.52. The highest BCUT2D eigenvalue weighted by Crippen LogP contribution is 2.39. The van der Waals surface area contributed by atoms with Crippen molar-refractivity contribution in [3.63, 3.8) is 0 Å². The molecule has 2 amide bonds. The number of amides is 2. The van der Waals surface area contributed by atoms with Gasteiger partial charge in [0.05, 0.1) is 12.8 Å². The summed E-state index contributed by atoms with van der Waals surface area (Å²) in [4.78, 5) is 24.1. The zero-order valence-electron chi connectivity index (χ0n) is 18.8. The molecule has 0 bridgehead atoms. The maximum absolute atomic E-state index is 12.1. The summed E-state index contributed by atoms with van der Waals surface area (Å²) in [6, 6.07) is 10.1. The molecule has 2 aromatic carbocycles. The number of hydrogen-bond donors (Lipinski definition) is 3. The zero-order chi connectivity index (χ0) is 23.4. The van der Waals surface area contributed by atoms with Gasteiger partial charge in [-0.3, -0.25) is 9.59 Å². The van der Waals surface area contributed by atoms with Crippen LogP contribution in [-0.2, 0) is 15.6 Å². The SMILES string of the molecule is CC(C)(C)c1cc(C=NNC(=O)CNC(=O)c2ccc(Cl)cc2)cc(C(C)(C)C)c1O. The van der Waals surface area contributed by atoms with Crippen molar-refractivity contribution >= 4 is 29.6 Å². The third-order valence-electron chi connectivity index (χ3n) is 4.67. The number of rotatable bonds is 5. The fourth-order valence-corrected chi connectivity index (χ4v) is 3.08. The maximum Gasteiger partial charge on any atom is 0.259 e. The van der Waals surface area contributed by atoms with E-state index < -0.39 is 5.91 Å². The van der Waals surface area contributed by atoms with E-state index >= 15 is 0 Å². The van der Waals surface area contributed by atoms with Crippen molar-refractivity contribution < 1.29 is 14.7 Å². The van der Waals surface area contributed by atoms with Crippen LogP contribution in [0.3, 0.4) is 0 Å². The van der Waals surface area contributed by atoms with Crippen LogP contribution in [0, 0.1) is 0 Å². The zero-order valence-corrected chi connectivity index (χ0v) is 19.6. The van der Waals surface area contributed by atoms with E-state index in [2.05, 4.69) is 15.8 Å². The van der Waals surface area contributed by atoms with Gasteiger partial charge in [0.15, 0.2) is 0 Å². The Morgan fingerprint density at radius 3 is 2.00 bits per heavy atom. The van der Waals surface area contributed by atoms with Crippen LogP contribution in [0.5, 0.6) is 5.75 Å². The molecule has 6 nitrogen and oxygen atoms in total. The lowest BCUT2D eigenvalue weighted by atomic mass is 9.78. The molecule has 0 aromatic heterocycles. The number of carbonyl (C=O) groups is 2. The second-order valence-corrected chi connectivity index (χ2v) is 9.88. The van der Waals surface area contributed by atoms with Crippen LogP contribution < -0.4 is 10.7 Å². The molecule has 0 radical (unpaired) electrons. The molecule has 7 heteroatoms. The molecule has 31 heavy (non-hydrogen) atoms. The number of nitrogens with zero attached hydrogens (tertiary/aromatic N) is 1. The highest BCUT2D eigenvalue weighted by atomic mass is 35.5. The molecule has 0 saturated carbocycles. The first-order chi connectivity index (χ1) is 14.3. The topological polar surface area (TPSA) is 90.8 Å². The minimum Gasteiger partial charge on any atom is -0.507 e. The molecule has 0 atom stereocenters. The number of hydrazone groups is 1. The largest absolute Gasteiger partial charge is 0.507 e. The Morgan fingerprint density at radius 2 is 1.52 bits per heavy atom. The van der Waals surface area contributed by atoms with Crippen LogP contribution in [0.1, 0.15) is 68.6 Å². The number of benzene rings is 2. The number of hydrogen-bond acceptors (Lipinski definition) is 4. The van der Waals surface area contributed by atoms with Crippen molar-refractivity contribution in [1.82, 2.24) is 10.7 Å². The van der Waals surface area contributed by atoms with Crippen LogP contribution in [0.4, 0.5) is 0 Å². The Hall–Kier alpha value is -2.86. The molecule has 166 valence electrons. The molecular formula is C24H30ClN3O3. The van der Waals surface area contributed by atoms with Crippen molar-refractivity contribution in [2.75, 3.05) is 6.54 Å². The lowest BCUT2D eigenvalue weighted by molar-refractivity contribution is -0.120. The summed E-state index contributed by atoms with van der Waals surface area (Å²) in [7, 11) is 0. The molecule has 0 fully saturated rings. The Bertz CT molecular complexity index is 950. The summed E-state index contributed by atoms with van der Waals surface area (Å²) >= 11 is 5.80. The molecule has 0 saturated heterocycles. The van der Waals surface area contributed by atoms with Crippen LogP contribution in [-0.4, -0.2) is 29.7 Å². The number of nitrogens with one attached hydrogen (secondary N) is 2. The quantitative estimate of drug-likeness (QED) is 0.468. The van der Waals surface area contributed by atoms with Gasteiger partial charge in [-0.1, -0.05) is 53.1 Å². The summed E-state index contributed by atoms with van der Waals surface area (Å²) in [5.41, 5.74) is 4.68. The van der Waals surface area contributed by atoms with Gasteiger partial charge >= 0.3 is 0 Å². The standard InChI is InChI=1S/C24H30ClN3O3/c1-23(2,3)18-11-15(12-19(21(18)30)24(4,5)6)13-27-28-20(29)14-26-22(31)16-7-9-17(25)10-8-16/h7-13,30H,14H2,1-6H3,(H,26,31)(H,28,29). The Morgan fingerprint density at radius 1 is 1.00 bits per heavy atom. The predicted molar refractivity (Wildman–Crippen MR) is 125 cm³/mol. The van der Waals surface area contributed by atoms with Crippen molar-refractivity contribution in [3.8, 4) is 5.75 Å². The third kappa shape index (κ3) is 6.82. The summed E-state index contributed by atoms with van der Waals surface area (Å²) in [6.07, 6.45) is 1.53. The van der Waals surface area contributed by atoms with Crippen LogP contribution >= 0.6 is 11.6 Å². The van der Waals surface area contributed by atoms with E-state index in [9.17, 15) is 14.7 Å². The molecule has 0 aliphatic carbocycles. The van der Waals surface area contributed by atoms with Crippen LogP contribution in [0.15, 0.2) is 41.5 Å². The first kappa shape index (κ1) is 24.4. The molecule has 0 unspecified atom stereocenters. The van der Waals surface area contributed by atoms with E-state index in [4.69, 9.17) is 11.6 Å². The van der Waals surface area contributed by atoms with Gasteiger partial charge in [-0.15, -0.1) is 0 Å². The number of halogens is 1. The highest BCUT2D eigenvalue weighted by Gasteiger charge is 2.26. The molecule has 0 aliphatic rings. The van der Waals surface area contributed by atoms with E-state index in [1.807, 2.05) is 53.7 Å². The van der Waals surface area contributed by atoms with E-state index in [1.54, 1.807) is 24.3 Å². The molecule has 0 heterocycles. The first-order valence-electron chi connectivity index (χ1n) is 10.0. The molecule has 2 rings (SSSR count). The summed E-state index contributed by atoms with van der Waals surface area (Å²) < 4.78 is 0. The highest BCUT2D eigenvalue weighted by molar-refractivity contribution is 6.30. The van der Waals surface area contributed by atoms with E-state index in [-0.39, 0.29) is 29.0 Å². The van der Waals surface area contributed by atoms with Gasteiger partial charge in [-0.2, -0.15) is 5.10 Å². The minimum atomic E-state index is -0.454. The third-order valence-corrected chi connectivity index (χ3v) is 4.92. The van der Waals surface area contributed by atoms with Crippen LogP contribution in [0.25, 0.3) is 0 Å². The van der Waals surface area contributed by atoms with Gasteiger partial charge in [0.2, 0.25) is 0 Å². The Kier molecular flexibility index (Phi) is 7.49. The number of aromatic hydroxyl groups is 1. The molecular weight excluding hydrogens is 414 g/mol. The van der Waals surface area contributed by atoms with E-state index in [1.165, 1.54) is 6.21 Å². The summed E-state index contributed by atoms with van der Waals surface area (Å²) in [5.74, 6) is -0.547. The maximum atomic E-state index is 12.1. The van der Waals surface area contributed by atoms with Gasteiger partial charge in [0, 0.05) is 21.7 Å². The number of carbonyl (C=O) groups excluding carboxylic acids is 2. The Labute approximate surface area is 188 Å². The van der Waals surface area contributed by atoms with Gasteiger partial charge in [0.25, 0.3) is 11.8 Å². The first-order valence-corrected chi connectivity index (χ1v) is 10.4. The van der Waals surface area contributed by atoms with Gasteiger partial charge in [0.1, 0.15) is 5.75 Å². The molecule has 0 aliphatic heterocycles. The minimum absolute atomic E-state index is 0.213. The van der Waals surface area contributed by atoms with Crippen molar-refractivity contribution in [1.29, 1.82) is 0 Å². The average molecular weight is 444 g/mol. The Balaban J connectivity index is 2.07. The van der Waals surface area contributed by atoms with E-state index in [0.29, 0.717) is 10.6 Å². The normalized spacial score (nSPS) is 12.1. The summed E-state index contributed by atoms with van der Waals surface area (Å²) in [6.45, 7) is 12.0. The molecule has 3 N–H and O–H groups in total. The van der Waals surface area contributed by atoms with Crippen molar-refractivity contribution in [2.24, 2.45) is 5.10 Å².